The Kier molecular flexibility index (Phi) is 3.73. The van der Waals surface area contributed by atoms with E-state index < -0.39 is 0 Å². The maximum atomic E-state index is 9.57. The van der Waals surface area contributed by atoms with Crippen molar-refractivity contribution in [3.8, 4) is 5.75 Å². The molecule has 4 heteroatoms. The molecule has 0 saturated carbocycles. The molecule has 1 aromatic heterocycles. The van der Waals surface area contributed by atoms with Crippen LogP contribution in [0.3, 0.4) is 0 Å². The number of hydrogen-bond donors (Lipinski definition) is 1. The normalized spacial score (nSPS) is 10.9. The molecule has 3 nitrogen and oxygen atoms in total. The van der Waals surface area contributed by atoms with Gasteiger partial charge in [-0.3, -0.25) is 9.98 Å². The summed E-state index contributed by atoms with van der Waals surface area (Å²) in [5, 5.41) is 10.1. The molecule has 0 amide bonds. The molecule has 0 fully saturated rings. The number of phenolic OH excluding ortho intramolecular Hbond substituents is 1. The highest BCUT2D eigenvalue weighted by Crippen LogP contribution is 2.19. The highest BCUT2D eigenvalue weighted by molar-refractivity contribution is 6.30. The maximum absolute atomic E-state index is 9.57. The Labute approximate surface area is 104 Å². The Morgan fingerprint density at radius 3 is 2.94 bits per heavy atom. The third-order valence-corrected chi connectivity index (χ3v) is 2.43. The quantitative estimate of drug-likeness (QED) is 0.846. The zero-order valence-corrected chi connectivity index (χ0v) is 9.80. The van der Waals surface area contributed by atoms with Gasteiger partial charge in [0.2, 0.25) is 0 Å². The monoisotopic (exact) mass is 246 g/mol. The van der Waals surface area contributed by atoms with Gasteiger partial charge >= 0.3 is 0 Å². The second kappa shape index (κ2) is 5.46. The Balaban J connectivity index is 2.08. The molecule has 2 aromatic rings. The molecule has 1 heterocycles. The molecule has 0 radical (unpaired) electrons. The van der Waals surface area contributed by atoms with Crippen molar-refractivity contribution in [2.24, 2.45) is 4.99 Å². The molecule has 0 atom stereocenters. The lowest BCUT2D eigenvalue weighted by atomic mass is 10.2. The molecule has 1 aromatic carbocycles. The summed E-state index contributed by atoms with van der Waals surface area (Å²) in [7, 11) is 0. The molecule has 2 rings (SSSR count). The first-order valence-electron chi connectivity index (χ1n) is 5.14. The Morgan fingerprint density at radius 1 is 1.29 bits per heavy atom. The lowest BCUT2D eigenvalue weighted by Crippen LogP contribution is -1.88. The number of nitrogens with zero attached hydrogens (tertiary/aromatic N) is 2. The van der Waals surface area contributed by atoms with Crippen molar-refractivity contribution in [3.63, 3.8) is 0 Å². The van der Waals surface area contributed by atoms with Crippen LogP contribution in [0.4, 0.5) is 0 Å². The number of aliphatic imine (C=N–C) groups is 1. The highest BCUT2D eigenvalue weighted by Gasteiger charge is 1.98. The number of aromatic hydroxyl groups is 1. The summed E-state index contributed by atoms with van der Waals surface area (Å²) in [5.74, 6) is 0.166. The SMILES string of the molecule is Oc1ccc(Cl)cc1C=NCc1ccccn1. The van der Waals surface area contributed by atoms with Gasteiger partial charge in [-0.25, -0.2) is 0 Å². The first kappa shape index (κ1) is 11.6. The molecule has 0 spiro atoms. The molecule has 0 aliphatic heterocycles. The van der Waals surface area contributed by atoms with Gasteiger partial charge < -0.3 is 5.11 Å². The number of halogens is 1. The molecule has 1 N–H and O–H groups in total. The molecular weight excluding hydrogens is 236 g/mol. The van der Waals surface area contributed by atoms with Crippen molar-refractivity contribution in [3.05, 3.63) is 58.9 Å². The van der Waals surface area contributed by atoms with Crippen LogP contribution >= 0.6 is 11.6 Å². The van der Waals surface area contributed by atoms with Gasteiger partial charge in [-0.05, 0) is 30.3 Å². The fourth-order valence-corrected chi connectivity index (χ4v) is 1.54. The van der Waals surface area contributed by atoms with Crippen LogP contribution in [-0.4, -0.2) is 16.3 Å². The molecule has 17 heavy (non-hydrogen) atoms. The largest absolute Gasteiger partial charge is 0.507 e. The third-order valence-electron chi connectivity index (χ3n) is 2.20. The van der Waals surface area contributed by atoms with E-state index in [-0.39, 0.29) is 5.75 Å². The summed E-state index contributed by atoms with van der Waals surface area (Å²) in [6.45, 7) is 0.479. The van der Waals surface area contributed by atoms with E-state index in [4.69, 9.17) is 11.6 Å². The first-order valence-corrected chi connectivity index (χ1v) is 5.52. The van der Waals surface area contributed by atoms with E-state index in [1.807, 2.05) is 18.2 Å². The van der Waals surface area contributed by atoms with Gasteiger partial charge in [-0.1, -0.05) is 17.7 Å². The van der Waals surface area contributed by atoms with Gasteiger partial charge in [0.15, 0.2) is 0 Å². The van der Waals surface area contributed by atoms with Crippen LogP contribution in [0.2, 0.25) is 5.02 Å². The van der Waals surface area contributed by atoms with Crippen LogP contribution in [0.25, 0.3) is 0 Å². The van der Waals surface area contributed by atoms with E-state index in [1.54, 1.807) is 30.6 Å². The number of benzene rings is 1. The van der Waals surface area contributed by atoms with Crippen LogP contribution in [0.5, 0.6) is 5.75 Å². The number of aromatic nitrogens is 1. The van der Waals surface area contributed by atoms with Crippen LogP contribution in [0.1, 0.15) is 11.3 Å². The van der Waals surface area contributed by atoms with Crippen LogP contribution in [0, 0.1) is 0 Å². The van der Waals surface area contributed by atoms with Crippen molar-refractivity contribution in [1.82, 2.24) is 4.98 Å². The zero-order chi connectivity index (χ0) is 12.1. The van der Waals surface area contributed by atoms with Crippen molar-refractivity contribution in [2.75, 3.05) is 0 Å². The molecule has 0 aliphatic carbocycles. The van der Waals surface area contributed by atoms with Gasteiger partial charge in [-0.15, -0.1) is 0 Å². The summed E-state index contributed by atoms with van der Waals surface area (Å²) in [6, 6.07) is 10.5. The van der Waals surface area contributed by atoms with E-state index in [0.717, 1.165) is 5.69 Å². The minimum absolute atomic E-state index is 0.166. The average Bonchev–Trinajstić information content (AvgIpc) is 2.35. The Morgan fingerprint density at radius 2 is 2.18 bits per heavy atom. The molecule has 0 bridgehead atoms. The summed E-state index contributed by atoms with van der Waals surface area (Å²) in [4.78, 5) is 8.36. The number of hydrogen-bond acceptors (Lipinski definition) is 3. The van der Waals surface area contributed by atoms with Gasteiger partial charge in [0.25, 0.3) is 0 Å². The lowest BCUT2D eigenvalue weighted by Gasteiger charge is -1.99. The summed E-state index contributed by atoms with van der Waals surface area (Å²) < 4.78 is 0. The maximum Gasteiger partial charge on any atom is 0.124 e. The number of pyridine rings is 1. The van der Waals surface area contributed by atoms with Gasteiger partial charge in [0, 0.05) is 23.0 Å². The van der Waals surface area contributed by atoms with Crippen molar-refractivity contribution >= 4 is 17.8 Å². The van der Waals surface area contributed by atoms with Crippen molar-refractivity contribution in [2.45, 2.75) is 6.54 Å². The summed E-state index contributed by atoms with van der Waals surface area (Å²) >= 11 is 5.83. The van der Waals surface area contributed by atoms with Crippen LogP contribution in [-0.2, 0) is 6.54 Å². The first-order chi connectivity index (χ1) is 8.25. The summed E-state index contributed by atoms with van der Waals surface area (Å²) in [5.41, 5.74) is 1.48. The molecule has 0 unspecified atom stereocenters. The minimum atomic E-state index is 0.166. The number of phenols is 1. The molecule has 86 valence electrons. The highest BCUT2D eigenvalue weighted by atomic mass is 35.5. The van der Waals surface area contributed by atoms with E-state index in [2.05, 4.69) is 9.98 Å². The van der Waals surface area contributed by atoms with Crippen LogP contribution in [0.15, 0.2) is 47.6 Å². The molecule has 0 saturated heterocycles. The van der Waals surface area contributed by atoms with Gasteiger partial charge in [0.05, 0.1) is 12.2 Å². The van der Waals surface area contributed by atoms with Gasteiger partial charge in [0.1, 0.15) is 5.75 Å². The molecular formula is C13H11ClN2O. The molecule has 0 aliphatic rings. The minimum Gasteiger partial charge on any atom is -0.507 e. The Hall–Kier alpha value is -1.87. The average molecular weight is 247 g/mol. The van der Waals surface area contributed by atoms with Gasteiger partial charge in [-0.2, -0.15) is 0 Å². The predicted octanol–water partition coefficient (Wildman–Crippen LogP) is 3.06. The smallest absolute Gasteiger partial charge is 0.124 e. The van der Waals surface area contributed by atoms with Crippen molar-refractivity contribution in [1.29, 1.82) is 0 Å². The number of rotatable bonds is 3. The fourth-order valence-electron chi connectivity index (χ4n) is 1.36. The predicted molar refractivity (Wildman–Crippen MR) is 68.7 cm³/mol. The fraction of sp³-hybridized carbons (Fsp3) is 0.0769. The van der Waals surface area contributed by atoms with E-state index in [1.165, 1.54) is 0 Å². The Bertz CT molecular complexity index is 526. The third kappa shape index (κ3) is 3.29. The van der Waals surface area contributed by atoms with Crippen molar-refractivity contribution < 1.29 is 5.11 Å². The van der Waals surface area contributed by atoms with E-state index >= 15 is 0 Å². The van der Waals surface area contributed by atoms with E-state index in [0.29, 0.717) is 17.1 Å². The van der Waals surface area contributed by atoms with Crippen LogP contribution < -0.4 is 0 Å². The second-order valence-corrected chi connectivity index (χ2v) is 3.93. The zero-order valence-electron chi connectivity index (χ0n) is 9.05. The standard InChI is InChI=1S/C13H11ClN2O/c14-11-4-5-13(17)10(7-11)8-15-9-12-3-1-2-6-16-12/h1-8,17H,9H2. The lowest BCUT2D eigenvalue weighted by molar-refractivity contribution is 0.474. The topological polar surface area (TPSA) is 45.5 Å². The van der Waals surface area contributed by atoms with E-state index in [9.17, 15) is 5.11 Å². The summed E-state index contributed by atoms with van der Waals surface area (Å²) in [6.07, 6.45) is 3.32. The second-order valence-electron chi connectivity index (χ2n) is 3.49.